The lowest BCUT2D eigenvalue weighted by Crippen LogP contribution is -2.40. The molecule has 0 N–H and O–H groups in total. The fraction of sp³-hybridized carbons (Fsp3) is 0.300. The maximum atomic E-state index is 12.7. The van der Waals surface area contributed by atoms with Gasteiger partial charge in [-0.25, -0.2) is 0 Å². The molecule has 0 saturated carbocycles. The molecule has 1 saturated heterocycles. The van der Waals surface area contributed by atoms with Crippen molar-refractivity contribution in [3.63, 3.8) is 0 Å². The summed E-state index contributed by atoms with van der Waals surface area (Å²) in [5, 5.41) is 11.1. The Morgan fingerprint density at radius 2 is 1.79 bits per heavy atom. The van der Waals surface area contributed by atoms with Gasteiger partial charge in [0.05, 0.1) is 22.6 Å². The molecular formula is C20H19ClN2O5. The van der Waals surface area contributed by atoms with E-state index < -0.39 is 4.92 Å². The van der Waals surface area contributed by atoms with E-state index in [2.05, 4.69) is 0 Å². The summed E-state index contributed by atoms with van der Waals surface area (Å²) in [6.45, 7) is 0.787. The molecule has 1 aliphatic rings. The average Bonchev–Trinajstić information content (AvgIpc) is 2.73. The van der Waals surface area contributed by atoms with Gasteiger partial charge in [0.25, 0.3) is 11.6 Å². The van der Waals surface area contributed by atoms with E-state index in [1.807, 2.05) is 0 Å². The van der Waals surface area contributed by atoms with Crippen molar-refractivity contribution >= 4 is 29.0 Å². The SMILES string of the molecule is COc1ccc(C(=O)C2CCN(C(=O)c3cc([N+](=O)[O-])ccc3Cl)CC2)cc1. The Labute approximate surface area is 167 Å². The normalized spacial score (nSPS) is 14.6. The van der Waals surface area contributed by atoms with Crippen LogP contribution in [0.3, 0.4) is 0 Å². The molecule has 0 atom stereocenters. The van der Waals surface area contributed by atoms with Crippen LogP contribution in [0, 0.1) is 16.0 Å². The summed E-state index contributed by atoms with van der Waals surface area (Å²) < 4.78 is 5.10. The van der Waals surface area contributed by atoms with Crippen LogP contribution in [0.5, 0.6) is 5.75 Å². The van der Waals surface area contributed by atoms with Gasteiger partial charge >= 0.3 is 0 Å². The van der Waals surface area contributed by atoms with Crippen molar-refractivity contribution in [1.82, 2.24) is 4.90 Å². The van der Waals surface area contributed by atoms with E-state index in [-0.39, 0.29) is 33.9 Å². The molecule has 2 aromatic rings. The molecule has 0 spiro atoms. The molecule has 0 aliphatic carbocycles. The average molecular weight is 403 g/mol. The van der Waals surface area contributed by atoms with Gasteiger partial charge in [0.2, 0.25) is 0 Å². The van der Waals surface area contributed by atoms with Gasteiger partial charge in [-0.2, -0.15) is 0 Å². The fourth-order valence-corrected chi connectivity index (χ4v) is 3.50. The van der Waals surface area contributed by atoms with Gasteiger partial charge in [0, 0.05) is 36.7 Å². The molecule has 146 valence electrons. The minimum atomic E-state index is -0.563. The number of likely N-dealkylation sites (tertiary alicyclic amines) is 1. The van der Waals surface area contributed by atoms with Crippen LogP contribution < -0.4 is 4.74 Å². The lowest BCUT2D eigenvalue weighted by molar-refractivity contribution is -0.384. The zero-order valence-corrected chi connectivity index (χ0v) is 16.0. The summed E-state index contributed by atoms with van der Waals surface area (Å²) in [5.41, 5.74) is 0.542. The highest BCUT2D eigenvalue weighted by Crippen LogP contribution is 2.27. The third-order valence-electron chi connectivity index (χ3n) is 4.92. The van der Waals surface area contributed by atoms with Crippen LogP contribution in [-0.2, 0) is 0 Å². The van der Waals surface area contributed by atoms with Gasteiger partial charge in [-0.1, -0.05) is 11.6 Å². The van der Waals surface area contributed by atoms with Crippen molar-refractivity contribution in [2.45, 2.75) is 12.8 Å². The minimum absolute atomic E-state index is 0.0446. The summed E-state index contributed by atoms with van der Waals surface area (Å²) in [7, 11) is 1.57. The number of rotatable bonds is 5. The summed E-state index contributed by atoms with van der Waals surface area (Å²) in [6.07, 6.45) is 1.06. The van der Waals surface area contributed by atoms with Gasteiger partial charge in [0.15, 0.2) is 5.78 Å². The third-order valence-corrected chi connectivity index (χ3v) is 5.25. The van der Waals surface area contributed by atoms with E-state index in [1.54, 1.807) is 36.3 Å². The van der Waals surface area contributed by atoms with E-state index in [0.717, 1.165) is 0 Å². The van der Waals surface area contributed by atoms with Crippen molar-refractivity contribution in [1.29, 1.82) is 0 Å². The Morgan fingerprint density at radius 3 is 2.36 bits per heavy atom. The van der Waals surface area contributed by atoms with Crippen LogP contribution in [0.4, 0.5) is 5.69 Å². The van der Waals surface area contributed by atoms with Gasteiger partial charge in [-0.05, 0) is 43.2 Å². The van der Waals surface area contributed by atoms with Gasteiger partial charge in [0.1, 0.15) is 5.75 Å². The molecule has 1 amide bonds. The molecule has 0 unspecified atom stereocenters. The monoisotopic (exact) mass is 402 g/mol. The topological polar surface area (TPSA) is 89.8 Å². The highest BCUT2D eigenvalue weighted by Gasteiger charge is 2.29. The second-order valence-electron chi connectivity index (χ2n) is 6.58. The summed E-state index contributed by atoms with van der Waals surface area (Å²) in [4.78, 5) is 37.4. The number of nitro benzene ring substituents is 1. The first kappa shape index (κ1) is 19.8. The summed E-state index contributed by atoms with van der Waals surface area (Å²) in [6, 6.07) is 10.8. The largest absolute Gasteiger partial charge is 0.497 e. The molecule has 8 heteroatoms. The minimum Gasteiger partial charge on any atom is -0.497 e. The first-order valence-electron chi connectivity index (χ1n) is 8.82. The van der Waals surface area contributed by atoms with E-state index in [0.29, 0.717) is 37.2 Å². The Bertz CT molecular complexity index is 905. The number of ketones is 1. The van der Waals surface area contributed by atoms with Crippen LogP contribution in [0.1, 0.15) is 33.6 Å². The van der Waals surface area contributed by atoms with Crippen molar-refractivity contribution in [3.05, 3.63) is 68.7 Å². The Morgan fingerprint density at radius 1 is 1.14 bits per heavy atom. The number of nitrogens with zero attached hydrogens (tertiary/aromatic N) is 2. The number of nitro groups is 1. The fourth-order valence-electron chi connectivity index (χ4n) is 3.30. The second kappa shape index (κ2) is 8.39. The smallest absolute Gasteiger partial charge is 0.270 e. The Hall–Kier alpha value is -2.93. The Balaban J connectivity index is 1.66. The maximum Gasteiger partial charge on any atom is 0.270 e. The van der Waals surface area contributed by atoms with Crippen LogP contribution >= 0.6 is 11.6 Å². The molecule has 7 nitrogen and oxygen atoms in total. The number of carbonyl (C=O) groups excluding carboxylic acids is 2. The summed E-state index contributed by atoms with van der Waals surface area (Å²) in [5.74, 6) is 0.205. The van der Waals surface area contributed by atoms with Crippen molar-refractivity contribution in [2.24, 2.45) is 5.92 Å². The van der Waals surface area contributed by atoms with E-state index in [4.69, 9.17) is 16.3 Å². The number of halogens is 1. The van der Waals surface area contributed by atoms with Crippen LogP contribution in [-0.4, -0.2) is 41.7 Å². The zero-order chi connectivity index (χ0) is 20.3. The van der Waals surface area contributed by atoms with Gasteiger partial charge < -0.3 is 9.64 Å². The second-order valence-corrected chi connectivity index (χ2v) is 6.99. The number of benzene rings is 2. The molecule has 0 bridgehead atoms. The van der Waals surface area contributed by atoms with Crippen molar-refractivity contribution in [3.8, 4) is 5.75 Å². The third kappa shape index (κ3) is 4.14. The quantitative estimate of drug-likeness (QED) is 0.428. The Kier molecular flexibility index (Phi) is 5.94. The van der Waals surface area contributed by atoms with Crippen LogP contribution in [0.2, 0.25) is 5.02 Å². The van der Waals surface area contributed by atoms with Gasteiger partial charge in [-0.15, -0.1) is 0 Å². The zero-order valence-electron chi connectivity index (χ0n) is 15.3. The molecule has 3 rings (SSSR count). The number of methoxy groups -OCH3 is 1. The summed E-state index contributed by atoms with van der Waals surface area (Å²) >= 11 is 6.06. The van der Waals surface area contributed by atoms with Gasteiger partial charge in [-0.3, -0.25) is 19.7 Å². The van der Waals surface area contributed by atoms with E-state index >= 15 is 0 Å². The number of hydrogen-bond acceptors (Lipinski definition) is 5. The number of piperidine rings is 1. The molecule has 1 fully saturated rings. The van der Waals surface area contributed by atoms with E-state index in [1.165, 1.54) is 18.2 Å². The lowest BCUT2D eigenvalue weighted by atomic mass is 9.88. The molecule has 2 aromatic carbocycles. The number of non-ortho nitro benzene ring substituents is 1. The number of Topliss-reactive ketones (excluding diaryl/α,β-unsaturated/α-hetero) is 1. The number of hydrogen-bond donors (Lipinski definition) is 0. The molecule has 1 heterocycles. The van der Waals surface area contributed by atoms with Crippen molar-refractivity contribution in [2.75, 3.05) is 20.2 Å². The van der Waals surface area contributed by atoms with Crippen LogP contribution in [0.15, 0.2) is 42.5 Å². The first-order chi connectivity index (χ1) is 13.4. The first-order valence-corrected chi connectivity index (χ1v) is 9.20. The number of carbonyl (C=O) groups is 2. The predicted octanol–water partition coefficient (Wildman–Crippen LogP) is 3.99. The molecule has 0 aromatic heterocycles. The standard InChI is InChI=1S/C20H19ClN2O5/c1-28-16-5-2-13(3-6-16)19(24)14-8-10-22(11-9-14)20(25)17-12-15(23(26)27)4-7-18(17)21/h2-7,12,14H,8-11H2,1H3. The lowest BCUT2D eigenvalue weighted by Gasteiger charge is -2.31. The number of amides is 1. The predicted molar refractivity (Wildman–Crippen MR) is 104 cm³/mol. The maximum absolute atomic E-state index is 12.7. The molecule has 28 heavy (non-hydrogen) atoms. The highest BCUT2D eigenvalue weighted by atomic mass is 35.5. The van der Waals surface area contributed by atoms with E-state index in [9.17, 15) is 19.7 Å². The highest BCUT2D eigenvalue weighted by molar-refractivity contribution is 6.33. The van der Waals surface area contributed by atoms with Crippen molar-refractivity contribution < 1.29 is 19.2 Å². The number of ether oxygens (including phenoxy) is 1. The van der Waals surface area contributed by atoms with Crippen LogP contribution in [0.25, 0.3) is 0 Å². The molecule has 1 aliphatic heterocycles. The molecular weight excluding hydrogens is 384 g/mol. The molecule has 0 radical (unpaired) electrons.